The predicted molar refractivity (Wildman–Crippen MR) is 74.7 cm³/mol. The van der Waals surface area contributed by atoms with E-state index in [1.165, 1.54) is 12.1 Å². The highest BCUT2D eigenvalue weighted by atomic mass is 16.6. The molecule has 0 atom stereocenters. The lowest BCUT2D eigenvalue weighted by atomic mass is 10.1. The molecule has 0 bridgehead atoms. The molecule has 2 aromatic rings. The molecule has 0 radical (unpaired) electrons. The van der Waals surface area contributed by atoms with Gasteiger partial charge in [-0.1, -0.05) is 6.07 Å². The fraction of sp³-hybridized carbons (Fsp3) is 0.154. The Morgan fingerprint density at radius 2 is 2.00 bits per heavy atom. The van der Waals surface area contributed by atoms with E-state index >= 15 is 0 Å². The first-order valence-electron chi connectivity index (χ1n) is 5.88. The summed E-state index contributed by atoms with van der Waals surface area (Å²) in [5.74, 6) is 5.91. The van der Waals surface area contributed by atoms with E-state index < -0.39 is 4.92 Å². The van der Waals surface area contributed by atoms with Gasteiger partial charge in [-0.15, -0.1) is 0 Å². The summed E-state index contributed by atoms with van der Waals surface area (Å²) < 4.78 is 5.50. The number of hydrazine groups is 1. The van der Waals surface area contributed by atoms with Crippen LogP contribution < -0.4 is 16.0 Å². The molecule has 7 nitrogen and oxygen atoms in total. The van der Waals surface area contributed by atoms with Crippen LogP contribution >= 0.6 is 0 Å². The minimum Gasteiger partial charge on any atom is -0.434 e. The van der Waals surface area contributed by atoms with Crippen LogP contribution in [-0.2, 0) is 0 Å². The second-order valence-electron chi connectivity index (χ2n) is 4.27. The van der Waals surface area contributed by atoms with Crippen LogP contribution in [0.1, 0.15) is 11.1 Å². The molecular formula is C13H14N4O3. The van der Waals surface area contributed by atoms with Gasteiger partial charge in [-0.3, -0.25) is 10.1 Å². The van der Waals surface area contributed by atoms with Gasteiger partial charge in [-0.25, -0.2) is 5.84 Å². The molecule has 0 saturated heterocycles. The fourth-order valence-electron chi connectivity index (χ4n) is 1.62. The van der Waals surface area contributed by atoms with Crippen molar-refractivity contribution in [3.05, 3.63) is 51.6 Å². The molecule has 1 aromatic carbocycles. The largest absolute Gasteiger partial charge is 0.434 e. The van der Waals surface area contributed by atoms with Crippen molar-refractivity contribution in [2.75, 3.05) is 5.43 Å². The maximum absolute atomic E-state index is 11.0. The second kappa shape index (κ2) is 5.54. The quantitative estimate of drug-likeness (QED) is 0.504. The zero-order valence-corrected chi connectivity index (χ0v) is 11.1. The van der Waals surface area contributed by atoms with E-state index in [4.69, 9.17) is 10.6 Å². The SMILES string of the molecule is Cc1ccc(Oc2nc(NN)ccc2[N+](=O)[O-])cc1C. The Morgan fingerprint density at radius 3 is 2.60 bits per heavy atom. The molecule has 0 aliphatic carbocycles. The highest BCUT2D eigenvalue weighted by Gasteiger charge is 2.18. The van der Waals surface area contributed by atoms with Crippen LogP contribution in [-0.4, -0.2) is 9.91 Å². The Kier molecular flexibility index (Phi) is 3.81. The number of nitrogens with zero attached hydrogens (tertiary/aromatic N) is 2. The molecule has 7 heteroatoms. The fourth-order valence-corrected chi connectivity index (χ4v) is 1.62. The van der Waals surface area contributed by atoms with Gasteiger partial charge in [0.05, 0.1) is 4.92 Å². The number of hydrogen-bond donors (Lipinski definition) is 2. The summed E-state index contributed by atoms with van der Waals surface area (Å²) in [6.45, 7) is 3.90. The molecule has 0 unspecified atom stereocenters. The second-order valence-corrected chi connectivity index (χ2v) is 4.27. The third-order valence-electron chi connectivity index (χ3n) is 2.88. The van der Waals surface area contributed by atoms with Crippen LogP contribution in [0.25, 0.3) is 0 Å². The van der Waals surface area contributed by atoms with E-state index in [0.717, 1.165) is 11.1 Å². The van der Waals surface area contributed by atoms with Gasteiger partial charge in [-0.05, 0) is 43.2 Å². The maximum atomic E-state index is 11.0. The third-order valence-corrected chi connectivity index (χ3v) is 2.88. The van der Waals surface area contributed by atoms with E-state index in [-0.39, 0.29) is 17.4 Å². The number of nitrogens with two attached hydrogens (primary N) is 1. The molecule has 0 fully saturated rings. The van der Waals surface area contributed by atoms with E-state index in [9.17, 15) is 10.1 Å². The summed E-state index contributed by atoms with van der Waals surface area (Å²) in [5, 5.41) is 11.0. The molecule has 20 heavy (non-hydrogen) atoms. The number of hydrogen-bond acceptors (Lipinski definition) is 6. The van der Waals surface area contributed by atoms with Crippen molar-refractivity contribution in [2.24, 2.45) is 5.84 Å². The molecule has 1 aromatic heterocycles. The first kappa shape index (κ1) is 13.8. The van der Waals surface area contributed by atoms with Gasteiger partial charge in [0, 0.05) is 6.07 Å². The number of rotatable bonds is 4. The Balaban J connectivity index is 2.40. The van der Waals surface area contributed by atoms with Crippen molar-refractivity contribution in [3.63, 3.8) is 0 Å². The number of aromatic nitrogens is 1. The first-order valence-corrected chi connectivity index (χ1v) is 5.88. The lowest BCUT2D eigenvalue weighted by Crippen LogP contribution is -2.09. The molecule has 0 aliphatic rings. The lowest BCUT2D eigenvalue weighted by molar-refractivity contribution is -0.386. The van der Waals surface area contributed by atoms with Gasteiger partial charge in [0.2, 0.25) is 0 Å². The van der Waals surface area contributed by atoms with Crippen LogP contribution in [0.5, 0.6) is 11.6 Å². The summed E-state index contributed by atoms with van der Waals surface area (Å²) >= 11 is 0. The first-order chi connectivity index (χ1) is 9.51. The third kappa shape index (κ3) is 2.83. The van der Waals surface area contributed by atoms with Gasteiger partial charge in [0.15, 0.2) is 0 Å². The number of nitrogen functional groups attached to an aromatic ring is 1. The van der Waals surface area contributed by atoms with Crippen molar-refractivity contribution < 1.29 is 9.66 Å². The monoisotopic (exact) mass is 274 g/mol. The number of benzene rings is 1. The average Bonchev–Trinajstić information content (AvgIpc) is 2.42. The Labute approximate surface area is 115 Å². The van der Waals surface area contributed by atoms with Crippen molar-refractivity contribution in [1.82, 2.24) is 4.98 Å². The van der Waals surface area contributed by atoms with Gasteiger partial charge >= 0.3 is 11.6 Å². The molecule has 0 spiro atoms. The smallest absolute Gasteiger partial charge is 0.331 e. The zero-order chi connectivity index (χ0) is 14.7. The van der Waals surface area contributed by atoms with Crippen LogP contribution in [0.4, 0.5) is 11.5 Å². The standard InChI is InChI=1S/C13H14N4O3/c1-8-3-4-10(7-9(8)2)20-13-11(17(18)19)5-6-12(15-13)16-14/h3-7H,14H2,1-2H3,(H,15,16). The molecule has 104 valence electrons. The van der Waals surface area contributed by atoms with E-state index in [0.29, 0.717) is 5.75 Å². The van der Waals surface area contributed by atoms with E-state index in [2.05, 4.69) is 10.4 Å². The molecule has 1 heterocycles. The van der Waals surface area contributed by atoms with E-state index in [1.54, 1.807) is 12.1 Å². The van der Waals surface area contributed by atoms with Crippen LogP contribution in [0.15, 0.2) is 30.3 Å². The molecule has 0 aliphatic heterocycles. The predicted octanol–water partition coefficient (Wildman–Crippen LogP) is 2.68. The van der Waals surface area contributed by atoms with Crippen molar-refractivity contribution in [2.45, 2.75) is 13.8 Å². The number of anilines is 1. The van der Waals surface area contributed by atoms with Crippen molar-refractivity contribution in [1.29, 1.82) is 0 Å². The summed E-state index contributed by atoms with van der Waals surface area (Å²) in [7, 11) is 0. The van der Waals surface area contributed by atoms with Crippen LogP contribution in [0.2, 0.25) is 0 Å². The lowest BCUT2D eigenvalue weighted by Gasteiger charge is -2.08. The van der Waals surface area contributed by atoms with Gasteiger partial charge in [0.1, 0.15) is 11.6 Å². The highest BCUT2D eigenvalue weighted by Crippen LogP contribution is 2.31. The van der Waals surface area contributed by atoms with Gasteiger partial charge in [-0.2, -0.15) is 4.98 Å². The maximum Gasteiger partial charge on any atom is 0.331 e. The topological polar surface area (TPSA) is 103 Å². The van der Waals surface area contributed by atoms with Crippen LogP contribution in [0.3, 0.4) is 0 Å². The van der Waals surface area contributed by atoms with Crippen molar-refractivity contribution in [3.8, 4) is 11.6 Å². The molecule has 2 rings (SSSR count). The van der Waals surface area contributed by atoms with E-state index in [1.807, 2.05) is 19.9 Å². The molecule has 0 saturated carbocycles. The number of nitro groups is 1. The number of ether oxygens (including phenoxy) is 1. The van der Waals surface area contributed by atoms with Crippen molar-refractivity contribution >= 4 is 11.5 Å². The normalized spacial score (nSPS) is 10.2. The van der Waals surface area contributed by atoms with Gasteiger partial charge < -0.3 is 10.2 Å². The number of nitrogens with one attached hydrogen (secondary N) is 1. The summed E-state index contributed by atoms with van der Waals surface area (Å²) in [4.78, 5) is 14.4. The minimum absolute atomic E-state index is 0.103. The Morgan fingerprint density at radius 1 is 1.25 bits per heavy atom. The Hall–Kier alpha value is -2.67. The zero-order valence-electron chi connectivity index (χ0n) is 11.1. The highest BCUT2D eigenvalue weighted by molar-refractivity contribution is 5.50. The molecular weight excluding hydrogens is 260 g/mol. The molecule has 0 amide bonds. The Bertz CT molecular complexity index is 658. The van der Waals surface area contributed by atoms with Gasteiger partial charge in [0.25, 0.3) is 0 Å². The molecule has 3 N–H and O–H groups in total. The van der Waals surface area contributed by atoms with Crippen LogP contribution in [0, 0.1) is 24.0 Å². The minimum atomic E-state index is -0.552. The summed E-state index contributed by atoms with van der Waals surface area (Å²) in [6, 6.07) is 8.10. The average molecular weight is 274 g/mol. The summed E-state index contributed by atoms with van der Waals surface area (Å²) in [5.41, 5.74) is 4.24. The number of aryl methyl sites for hydroxylation is 2. The number of pyridine rings is 1. The summed E-state index contributed by atoms with van der Waals surface area (Å²) in [6.07, 6.45) is 0.